The standard InChI is InChI=1S/C20H18N6O3/c27-17-13-21-11-9-15(17)5-4-12-28-19-8-3-10-22-20(19)29-18-7-2-1-6-16(18)26-24-14-23-25-26/h1-3,6-11,13-14,27H,4-5,12H2. The third kappa shape index (κ3) is 4.46. The highest BCUT2D eigenvalue weighted by atomic mass is 16.5. The Balaban J connectivity index is 1.44. The maximum absolute atomic E-state index is 9.79. The van der Waals surface area contributed by atoms with Crippen LogP contribution in [-0.4, -0.2) is 41.9 Å². The summed E-state index contributed by atoms with van der Waals surface area (Å²) in [7, 11) is 0. The van der Waals surface area contributed by atoms with Crippen molar-refractivity contribution in [3.05, 3.63) is 72.9 Å². The third-order valence-electron chi connectivity index (χ3n) is 4.11. The molecule has 29 heavy (non-hydrogen) atoms. The van der Waals surface area contributed by atoms with Gasteiger partial charge in [0.2, 0.25) is 0 Å². The summed E-state index contributed by atoms with van der Waals surface area (Å²) in [5.41, 5.74) is 1.47. The Morgan fingerprint density at radius 2 is 1.90 bits per heavy atom. The molecule has 0 aliphatic heterocycles. The molecule has 0 unspecified atom stereocenters. The van der Waals surface area contributed by atoms with Gasteiger partial charge in [-0.2, -0.15) is 0 Å². The van der Waals surface area contributed by atoms with Crippen LogP contribution in [0.5, 0.6) is 23.1 Å². The van der Waals surface area contributed by atoms with Gasteiger partial charge in [-0.15, -0.1) is 15.0 Å². The zero-order valence-corrected chi connectivity index (χ0v) is 15.4. The van der Waals surface area contributed by atoms with E-state index in [0.29, 0.717) is 42.5 Å². The predicted octanol–water partition coefficient (Wildman–Crippen LogP) is 2.96. The van der Waals surface area contributed by atoms with Gasteiger partial charge in [0.25, 0.3) is 5.88 Å². The minimum absolute atomic E-state index is 0.191. The molecule has 0 fully saturated rings. The van der Waals surface area contributed by atoms with Gasteiger partial charge in [0, 0.05) is 12.4 Å². The second-order valence-electron chi connectivity index (χ2n) is 6.06. The van der Waals surface area contributed by atoms with Crippen LogP contribution in [0, 0.1) is 0 Å². The lowest BCUT2D eigenvalue weighted by Gasteiger charge is -2.13. The quantitative estimate of drug-likeness (QED) is 0.458. The van der Waals surface area contributed by atoms with E-state index in [1.807, 2.05) is 18.2 Å². The Morgan fingerprint density at radius 1 is 1.00 bits per heavy atom. The number of pyridine rings is 2. The van der Waals surface area contributed by atoms with Gasteiger partial charge in [-0.1, -0.05) is 12.1 Å². The highest BCUT2D eigenvalue weighted by Crippen LogP contribution is 2.32. The average Bonchev–Trinajstić information content (AvgIpc) is 3.29. The molecule has 0 aliphatic rings. The third-order valence-corrected chi connectivity index (χ3v) is 4.11. The van der Waals surface area contributed by atoms with E-state index in [2.05, 4.69) is 25.4 Å². The zero-order chi connectivity index (χ0) is 19.9. The number of nitrogens with zero attached hydrogens (tertiary/aromatic N) is 6. The number of para-hydroxylation sites is 2. The van der Waals surface area contributed by atoms with Crippen LogP contribution in [0.4, 0.5) is 0 Å². The van der Waals surface area contributed by atoms with Gasteiger partial charge in [-0.25, -0.2) is 4.98 Å². The first-order valence-corrected chi connectivity index (χ1v) is 9.01. The fraction of sp³-hybridized carbons (Fsp3) is 0.150. The van der Waals surface area contributed by atoms with Crippen LogP contribution in [0.1, 0.15) is 12.0 Å². The number of aromatic hydroxyl groups is 1. The molecule has 0 aliphatic carbocycles. The summed E-state index contributed by atoms with van der Waals surface area (Å²) in [6, 6.07) is 12.7. The first kappa shape index (κ1) is 18.4. The summed E-state index contributed by atoms with van der Waals surface area (Å²) < 4.78 is 11.9. The lowest BCUT2D eigenvalue weighted by molar-refractivity contribution is 0.292. The molecule has 3 heterocycles. The average molecular weight is 390 g/mol. The van der Waals surface area contributed by atoms with Crippen LogP contribution in [-0.2, 0) is 6.42 Å². The van der Waals surface area contributed by atoms with Gasteiger partial charge in [-0.05, 0) is 54.0 Å². The minimum atomic E-state index is 0.191. The summed E-state index contributed by atoms with van der Waals surface area (Å²) in [5.74, 6) is 1.58. The van der Waals surface area contributed by atoms with E-state index in [9.17, 15) is 5.11 Å². The number of ether oxygens (including phenoxy) is 2. The lowest BCUT2D eigenvalue weighted by Crippen LogP contribution is -2.04. The zero-order valence-electron chi connectivity index (χ0n) is 15.4. The van der Waals surface area contributed by atoms with Crippen LogP contribution < -0.4 is 9.47 Å². The summed E-state index contributed by atoms with van der Waals surface area (Å²) >= 11 is 0. The number of hydrogen-bond acceptors (Lipinski definition) is 8. The molecule has 0 saturated heterocycles. The lowest BCUT2D eigenvalue weighted by atomic mass is 10.1. The van der Waals surface area contributed by atoms with Crippen molar-refractivity contribution in [3.63, 3.8) is 0 Å². The van der Waals surface area contributed by atoms with Crippen LogP contribution >= 0.6 is 0 Å². The van der Waals surface area contributed by atoms with Gasteiger partial charge < -0.3 is 14.6 Å². The predicted molar refractivity (Wildman–Crippen MR) is 103 cm³/mol. The second-order valence-corrected chi connectivity index (χ2v) is 6.06. The van der Waals surface area contributed by atoms with Crippen molar-refractivity contribution in [2.24, 2.45) is 0 Å². The van der Waals surface area contributed by atoms with Crippen molar-refractivity contribution in [2.45, 2.75) is 12.8 Å². The molecule has 4 aromatic rings. The molecule has 146 valence electrons. The monoisotopic (exact) mass is 390 g/mol. The topological polar surface area (TPSA) is 108 Å². The fourth-order valence-electron chi connectivity index (χ4n) is 2.72. The molecule has 3 aromatic heterocycles. The molecular formula is C20H18N6O3. The smallest absolute Gasteiger partial charge is 0.262 e. The summed E-state index contributed by atoms with van der Waals surface area (Å²) in [4.78, 5) is 9.54. The van der Waals surface area contributed by atoms with Crippen LogP contribution in [0.25, 0.3) is 5.69 Å². The van der Waals surface area contributed by atoms with Gasteiger partial charge >= 0.3 is 0 Å². The van der Waals surface area contributed by atoms with E-state index in [-0.39, 0.29) is 5.75 Å². The minimum Gasteiger partial charge on any atom is -0.506 e. The number of benzene rings is 1. The molecule has 0 amide bonds. The van der Waals surface area contributed by atoms with Crippen LogP contribution in [0.2, 0.25) is 0 Å². The van der Waals surface area contributed by atoms with Crippen molar-refractivity contribution < 1.29 is 14.6 Å². The molecule has 4 rings (SSSR count). The van der Waals surface area contributed by atoms with E-state index < -0.39 is 0 Å². The molecule has 0 radical (unpaired) electrons. The Kier molecular flexibility index (Phi) is 5.56. The maximum Gasteiger partial charge on any atom is 0.262 e. The number of tetrazole rings is 1. The Hall–Kier alpha value is -4.01. The number of rotatable bonds is 8. The molecule has 9 nitrogen and oxygen atoms in total. The molecule has 1 aromatic carbocycles. The Morgan fingerprint density at radius 3 is 2.76 bits per heavy atom. The Labute approximate surface area is 166 Å². The van der Waals surface area contributed by atoms with Gasteiger partial charge in [0.15, 0.2) is 17.8 Å². The largest absolute Gasteiger partial charge is 0.506 e. The van der Waals surface area contributed by atoms with Gasteiger partial charge in [0.1, 0.15) is 11.4 Å². The van der Waals surface area contributed by atoms with Crippen molar-refractivity contribution in [3.8, 4) is 28.8 Å². The van der Waals surface area contributed by atoms with E-state index in [4.69, 9.17) is 9.47 Å². The van der Waals surface area contributed by atoms with E-state index in [1.165, 1.54) is 17.3 Å². The van der Waals surface area contributed by atoms with Crippen LogP contribution in [0.3, 0.4) is 0 Å². The van der Waals surface area contributed by atoms with E-state index >= 15 is 0 Å². The highest BCUT2D eigenvalue weighted by Gasteiger charge is 2.13. The number of aromatic nitrogens is 6. The van der Waals surface area contributed by atoms with Gasteiger partial charge in [-0.3, -0.25) is 4.98 Å². The summed E-state index contributed by atoms with van der Waals surface area (Å²) in [5, 5.41) is 21.5. The van der Waals surface area contributed by atoms with Crippen molar-refractivity contribution in [1.82, 2.24) is 30.2 Å². The summed E-state index contributed by atoms with van der Waals surface area (Å²) in [6.45, 7) is 0.441. The summed E-state index contributed by atoms with van der Waals surface area (Å²) in [6.07, 6.45) is 7.46. The highest BCUT2D eigenvalue weighted by molar-refractivity contribution is 5.48. The van der Waals surface area contributed by atoms with E-state index in [1.54, 1.807) is 36.7 Å². The SMILES string of the molecule is Oc1cnccc1CCCOc1cccnc1Oc1ccccc1-n1ncnn1. The van der Waals surface area contributed by atoms with Crippen molar-refractivity contribution >= 4 is 0 Å². The van der Waals surface area contributed by atoms with Crippen LogP contribution in [0.15, 0.2) is 67.4 Å². The number of hydrogen-bond donors (Lipinski definition) is 1. The molecule has 1 N–H and O–H groups in total. The van der Waals surface area contributed by atoms with Crippen molar-refractivity contribution in [1.29, 1.82) is 0 Å². The van der Waals surface area contributed by atoms with Crippen molar-refractivity contribution in [2.75, 3.05) is 6.61 Å². The number of aryl methyl sites for hydroxylation is 1. The molecule has 0 saturated carbocycles. The second kappa shape index (κ2) is 8.79. The fourth-order valence-corrected chi connectivity index (χ4v) is 2.72. The molecule has 0 bridgehead atoms. The normalized spacial score (nSPS) is 10.6. The molecule has 9 heteroatoms. The van der Waals surface area contributed by atoms with E-state index in [0.717, 1.165) is 5.56 Å². The maximum atomic E-state index is 9.79. The molecule has 0 atom stereocenters. The first-order valence-electron chi connectivity index (χ1n) is 9.01. The molecule has 0 spiro atoms. The Bertz CT molecular complexity index is 1070. The van der Waals surface area contributed by atoms with Gasteiger partial charge in [0.05, 0.1) is 12.8 Å². The first-order chi connectivity index (χ1) is 14.3. The molecular weight excluding hydrogens is 372 g/mol.